The molecule has 2 amide bonds. The monoisotopic (exact) mass is 668 g/mol. The lowest BCUT2D eigenvalue weighted by molar-refractivity contribution is -0.317. The summed E-state index contributed by atoms with van der Waals surface area (Å²) in [6.07, 6.45) is -4.10. The van der Waals surface area contributed by atoms with Crippen LogP contribution in [-0.4, -0.2) is 79.7 Å². The van der Waals surface area contributed by atoms with Gasteiger partial charge in [-0.2, -0.15) is 22.0 Å². The van der Waals surface area contributed by atoms with Gasteiger partial charge >= 0.3 is 12.8 Å². The van der Waals surface area contributed by atoms with Gasteiger partial charge in [0.1, 0.15) is 17.1 Å². The molecule has 2 atom stereocenters. The Balaban J connectivity index is 1.18. The van der Waals surface area contributed by atoms with Crippen molar-refractivity contribution in [3.05, 3.63) is 41.5 Å². The molecule has 10 nitrogen and oxygen atoms in total. The van der Waals surface area contributed by atoms with Gasteiger partial charge in [-0.05, 0) is 56.4 Å². The van der Waals surface area contributed by atoms with Crippen LogP contribution in [0.3, 0.4) is 0 Å². The molecule has 2 aromatic carbocycles. The zero-order chi connectivity index (χ0) is 32.4. The maximum atomic E-state index is 13.9. The number of morpholine rings is 1. The molecule has 46 heavy (non-hydrogen) atoms. The number of carbonyl (C=O) groups excluding carboxylic acids is 2. The van der Waals surface area contributed by atoms with E-state index in [1.54, 1.807) is 12.1 Å². The fourth-order valence-electron chi connectivity index (χ4n) is 6.83. The highest BCUT2D eigenvalue weighted by Crippen LogP contribution is 2.51. The Hall–Kier alpha value is -3.76. The number of ether oxygens (including phenoxy) is 4. The summed E-state index contributed by atoms with van der Waals surface area (Å²) in [5.41, 5.74) is -2.86. The summed E-state index contributed by atoms with van der Waals surface area (Å²) in [6.45, 7) is -2.35. The average Bonchev–Trinajstić information content (AvgIpc) is 3.43. The summed E-state index contributed by atoms with van der Waals surface area (Å²) in [5, 5.41) is 6.18. The van der Waals surface area contributed by atoms with Crippen molar-refractivity contribution in [2.75, 3.05) is 37.1 Å². The zero-order valence-electron chi connectivity index (χ0n) is 24.4. The molecular weight excluding hydrogens is 639 g/mol. The van der Waals surface area contributed by atoms with Gasteiger partial charge < -0.3 is 34.5 Å². The zero-order valence-corrected chi connectivity index (χ0v) is 25.2. The molecule has 16 heteroatoms. The van der Waals surface area contributed by atoms with E-state index >= 15 is 0 Å². The number of nitrogens with one attached hydrogen (secondary N) is 2. The van der Waals surface area contributed by atoms with Crippen molar-refractivity contribution in [3.8, 4) is 11.5 Å². The average molecular weight is 669 g/mol. The van der Waals surface area contributed by atoms with Gasteiger partial charge in [-0.15, -0.1) is 0 Å². The van der Waals surface area contributed by atoms with E-state index < -0.39 is 35.7 Å². The van der Waals surface area contributed by atoms with E-state index in [4.69, 9.17) is 19.2 Å². The molecular formula is C30H29F5N4O6S. The first-order chi connectivity index (χ1) is 21.9. The van der Waals surface area contributed by atoms with E-state index in [2.05, 4.69) is 20.3 Å². The molecule has 4 saturated heterocycles. The minimum Gasteiger partial charge on any atom is -0.496 e. The predicted molar refractivity (Wildman–Crippen MR) is 156 cm³/mol. The minimum atomic E-state index is -4.53. The number of thiazole rings is 1. The van der Waals surface area contributed by atoms with Gasteiger partial charge in [-0.25, -0.2) is 4.98 Å². The molecule has 8 rings (SSSR count). The fraction of sp³-hybridized carbons (Fsp3) is 0.500. The molecule has 0 radical (unpaired) electrons. The summed E-state index contributed by atoms with van der Waals surface area (Å²) in [7, 11) is 1.40. The summed E-state index contributed by atoms with van der Waals surface area (Å²) >= 11 is 1.31. The largest absolute Gasteiger partial charge is 0.496 e. The van der Waals surface area contributed by atoms with Crippen LogP contribution in [-0.2, 0) is 9.47 Å². The van der Waals surface area contributed by atoms with Crippen LogP contribution in [0.4, 0.5) is 32.8 Å². The van der Waals surface area contributed by atoms with Gasteiger partial charge in [-0.3, -0.25) is 9.59 Å². The first kappa shape index (κ1) is 30.9. The van der Waals surface area contributed by atoms with Crippen LogP contribution in [0.25, 0.3) is 10.2 Å². The van der Waals surface area contributed by atoms with Gasteiger partial charge in [-0.1, -0.05) is 11.3 Å². The molecule has 3 aromatic rings. The van der Waals surface area contributed by atoms with E-state index in [0.29, 0.717) is 23.4 Å². The van der Waals surface area contributed by atoms with Crippen LogP contribution in [0.2, 0.25) is 0 Å². The third-order valence-corrected chi connectivity index (χ3v) is 10.5. The molecule has 5 aliphatic rings. The second-order valence-corrected chi connectivity index (χ2v) is 13.0. The molecule has 5 fully saturated rings. The van der Waals surface area contributed by atoms with Crippen LogP contribution >= 0.6 is 11.3 Å². The lowest BCUT2D eigenvalue weighted by Gasteiger charge is -2.53. The van der Waals surface area contributed by atoms with E-state index in [-0.39, 0.29) is 72.7 Å². The Bertz CT molecular complexity index is 1660. The van der Waals surface area contributed by atoms with Crippen molar-refractivity contribution in [1.82, 2.24) is 10.3 Å². The standard InChI is InChI=1S/C30H29F5N4O6S/c1-42-21-5-4-19-23(46-27(37-19)39-15-10-16(39)13-43-12-15)22(21)25(41)36-20-11-17(45-26(31)32)2-3-18(20)24(40)38-28-6-8-29(9-7-28,44-14-28)30(33,34)35/h2-5,11,15-16,26H,6-10,12-14H2,1H3,(H,36,41)(H,38,40). The highest BCUT2D eigenvalue weighted by atomic mass is 32.1. The number of alkyl halides is 5. The number of benzene rings is 2. The molecule has 1 saturated carbocycles. The number of carbonyl (C=O) groups is 2. The number of aromatic nitrogens is 1. The fourth-order valence-corrected chi connectivity index (χ4v) is 8.07. The quantitative estimate of drug-likeness (QED) is 0.303. The summed E-state index contributed by atoms with van der Waals surface area (Å²) in [5.74, 6) is -1.50. The van der Waals surface area contributed by atoms with Crippen molar-refractivity contribution in [1.29, 1.82) is 0 Å². The SMILES string of the molecule is COc1ccc2nc(N3C4COCC3C4)sc2c1C(=O)Nc1cc(OC(F)F)ccc1C(=O)NC12CCC(C(F)(F)F)(CC1)OC2. The lowest BCUT2D eigenvalue weighted by atomic mass is 9.70. The second kappa shape index (κ2) is 11.2. The van der Waals surface area contributed by atoms with Gasteiger partial charge in [0.15, 0.2) is 10.7 Å². The minimum absolute atomic E-state index is 0.0320. The van der Waals surface area contributed by atoms with Crippen LogP contribution < -0.4 is 25.0 Å². The Morgan fingerprint density at radius 1 is 1.09 bits per heavy atom. The number of methoxy groups -OCH3 is 1. The molecule has 2 unspecified atom stereocenters. The Labute approximate surface area is 263 Å². The summed E-state index contributed by atoms with van der Waals surface area (Å²) in [6, 6.07) is 7.16. The molecule has 4 aliphatic heterocycles. The van der Waals surface area contributed by atoms with Crippen LogP contribution in [0, 0.1) is 0 Å². The molecule has 5 heterocycles. The Morgan fingerprint density at radius 2 is 1.83 bits per heavy atom. The predicted octanol–water partition coefficient (Wildman–Crippen LogP) is 5.51. The number of fused-ring (bicyclic) bond motifs is 6. The highest BCUT2D eigenvalue weighted by Gasteiger charge is 2.63. The van der Waals surface area contributed by atoms with Crippen molar-refractivity contribution >= 4 is 44.2 Å². The van der Waals surface area contributed by atoms with Crippen LogP contribution in [0.15, 0.2) is 30.3 Å². The van der Waals surface area contributed by atoms with E-state index in [0.717, 1.165) is 23.7 Å². The number of nitrogens with zero attached hydrogens (tertiary/aromatic N) is 2. The second-order valence-electron chi connectivity index (χ2n) is 12.0. The number of halogens is 5. The summed E-state index contributed by atoms with van der Waals surface area (Å²) < 4.78 is 88.5. The maximum Gasteiger partial charge on any atom is 0.417 e. The van der Waals surface area contributed by atoms with Gasteiger partial charge in [0.05, 0.1) is 66.0 Å². The number of anilines is 2. The third kappa shape index (κ3) is 5.19. The molecule has 0 spiro atoms. The van der Waals surface area contributed by atoms with E-state index in [1.165, 1.54) is 24.5 Å². The molecule has 2 N–H and O–H groups in total. The lowest BCUT2D eigenvalue weighted by Crippen LogP contribution is -2.66. The van der Waals surface area contributed by atoms with Gasteiger partial charge in [0.25, 0.3) is 11.8 Å². The normalized spacial score (nSPS) is 27.0. The molecule has 246 valence electrons. The van der Waals surface area contributed by atoms with Crippen molar-refractivity contribution < 1.29 is 50.5 Å². The smallest absolute Gasteiger partial charge is 0.417 e. The van der Waals surface area contributed by atoms with Crippen molar-refractivity contribution in [3.63, 3.8) is 0 Å². The van der Waals surface area contributed by atoms with Crippen LogP contribution in [0.5, 0.6) is 11.5 Å². The van der Waals surface area contributed by atoms with Gasteiger partial charge in [0.2, 0.25) is 0 Å². The van der Waals surface area contributed by atoms with Crippen LogP contribution in [0.1, 0.15) is 52.8 Å². The van der Waals surface area contributed by atoms with Crippen molar-refractivity contribution in [2.24, 2.45) is 0 Å². The number of hydrogen-bond donors (Lipinski definition) is 2. The van der Waals surface area contributed by atoms with Crippen molar-refractivity contribution in [2.45, 2.75) is 68.1 Å². The molecule has 1 aliphatic carbocycles. The van der Waals surface area contributed by atoms with E-state index in [1.807, 2.05) is 0 Å². The third-order valence-electron chi connectivity index (χ3n) is 9.37. The highest BCUT2D eigenvalue weighted by molar-refractivity contribution is 7.22. The Morgan fingerprint density at radius 3 is 2.43 bits per heavy atom. The molecule has 1 aromatic heterocycles. The van der Waals surface area contributed by atoms with E-state index in [9.17, 15) is 31.5 Å². The Kier molecular flexibility index (Phi) is 7.51. The topological polar surface area (TPSA) is 111 Å². The first-order valence-corrected chi connectivity index (χ1v) is 15.5. The number of amides is 2. The number of rotatable bonds is 8. The maximum absolute atomic E-state index is 13.9. The molecule has 4 bridgehead atoms. The number of hydrogen-bond acceptors (Lipinski definition) is 9. The summed E-state index contributed by atoms with van der Waals surface area (Å²) in [4.78, 5) is 34.5. The first-order valence-electron chi connectivity index (χ1n) is 14.7. The van der Waals surface area contributed by atoms with Gasteiger partial charge in [0, 0.05) is 6.07 Å².